The van der Waals surface area contributed by atoms with Gasteiger partial charge < -0.3 is 0 Å². The third-order valence-electron chi connectivity index (χ3n) is 2.64. The Morgan fingerprint density at radius 3 is 1.86 bits per heavy atom. The molecule has 0 spiro atoms. The zero-order chi connectivity index (χ0) is 15.9. The summed E-state index contributed by atoms with van der Waals surface area (Å²) in [5.41, 5.74) is -3.03. The monoisotopic (exact) mass is 323 g/mol. The van der Waals surface area contributed by atoms with E-state index in [0.717, 1.165) is 18.2 Å². The van der Waals surface area contributed by atoms with Crippen LogP contribution >= 0.6 is 11.6 Å². The van der Waals surface area contributed by atoms with Crippen molar-refractivity contribution in [2.45, 2.75) is 0 Å². The van der Waals surface area contributed by atoms with E-state index in [9.17, 15) is 32.1 Å². The highest BCUT2D eigenvalue weighted by molar-refractivity contribution is 6.30. The van der Waals surface area contributed by atoms with Gasteiger partial charge in [0.05, 0.1) is 16.1 Å². The molecule has 2 aromatic carbocycles. The molecule has 0 heterocycles. The maximum atomic E-state index is 13.7. The van der Waals surface area contributed by atoms with Crippen LogP contribution in [0.5, 0.6) is 0 Å². The second kappa shape index (κ2) is 5.28. The number of rotatable bonds is 2. The Morgan fingerprint density at radius 2 is 1.38 bits per heavy atom. The van der Waals surface area contributed by atoms with Gasteiger partial charge in [0.25, 0.3) is 5.69 Å². The van der Waals surface area contributed by atoms with E-state index >= 15 is 0 Å². The summed E-state index contributed by atoms with van der Waals surface area (Å²) in [4.78, 5) is 9.80. The van der Waals surface area contributed by atoms with Crippen LogP contribution in [0.3, 0.4) is 0 Å². The van der Waals surface area contributed by atoms with Crippen molar-refractivity contribution in [3.05, 3.63) is 62.4 Å². The first kappa shape index (κ1) is 15.2. The molecule has 0 unspecified atom stereocenters. The average molecular weight is 324 g/mol. The molecular formula is C12H3ClF5NO2. The Morgan fingerprint density at radius 1 is 0.905 bits per heavy atom. The number of nitrogens with zero attached hydrogens (tertiary/aromatic N) is 1. The van der Waals surface area contributed by atoms with Crippen molar-refractivity contribution in [1.29, 1.82) is 0 Å². The van der Waals surface area contributed by atoms with Crippen LogP contribution in [0.15, 0.2) is 18.2 Å². The summed E-state index contributed by atoms with van der Waals surface area (Å²) >= 11 is 5.52. The van der Waals surface area contributed by atoms with Gasteiger partial charge in [0, 0.05) is 11.1 Å². The number of halogens is 6. The molecule has 21 heavy (non-hydrogen) atoms. The molecule has 0 fully saturated rings. The zero-order valence-electron chi connectivity index (χ0n) is 9.76. The minimum absolute atomic E-state index is 0.130. The van der Waals surface area contributed by atoms with E-state index in [2.05, 4.69) is 0 Å². The van der Waals surface area contributed by atoms with Crippen molar-refractivity contribution >= 4 is 17.3 Å². The Balaban J connectivity index is 2.89. The molecule has 0 atom stereocenters. The molecular weight excluding hydrogens is 321 g/mol. The van der Waals surface area contributed by atoms with Gasteiger partial charge in [0.1, 0.15) is 0 Å². The highest BCUT2D eigenvalue weighted by Crippen LogP contribution is 2.37. The first-order valence-corrected chi connectivity index (χ1v) is 5.59. The van der Waals surface area contributed by atoms with Crippen molar-refractivity contribution in [1.82, 2.24) is 0 Å². The molecule has 0 aromatic heterocycles. The van der Waals surface area contributed by atoms with E-state index in [-0.39, 0.29) is 5.02 Å². The van der Waals surface area contributed by atoms with Crippen LogP contribution < -0.4 is 0 Å². The lowest BCUT2D eigenvalue weighted by Gasteiger charge is -2.09. The van der Waals surface area contributed by atoms with Crippen LogP contribution in [0.25, 0.3) is 11.1 Å². The second-order valence-corrected chi connectivity index (χ2v) is 4.30. The zero-order valence-corrected chi connectivity index (χ0v) is 10.5. The molecule has 0 N–H and O–H groups in total. The first-order chi connectivity index (χ1) is 9.75. The highest BCUT2D eigenvalue weighted by atomic mass is 35.5. The van der Waals surface area contributed by atoms with Crippen molar-refractivity contribution < 1.29 is 26.9 Å². The van der Waals surface area contributed by atoms with Gasteiger partial charge in [-0.05, 0) is 12.1 Å². The van der Waals surface area contributed by atoms with E-state index in [1.165, 1.54) is 0 Å². The number of nitro benzene ring substituents is 1. The van der Waals surface area contributed by atoms with Gasteiger partial charge in [-0.2, -0.15) is 0 Å². The van der Waals surface area contributed by atoms with Crippen molar-refractivity contribution in [2.24, 2.45) is 0 Å². The molecule has 0 aliphatic carbocycles. The number of nitro groups is 1. The third-order valence-corrected chi connectivity index (χ3v) is 2.87. The van der Waals surface area contributed by atoms with E-state index in [4.69, 9.17) is 11.6 Å². The molecule has 2 aromatic rings. The van der Waals surface area contributed by atoms with Gasteiger partial charge >= 0.3 is 0 Å². The van der Waals surface area contributed by atoms with E-state index in [1.54, 1.807) is 0 Å². The van der Waals surface area contributed by atoms with Crippen LogP contribution in [0, 0.1) is 39.2 Å². The number of hydrogen-bond donors (Lipinski definition) is 0. The summed E-state index contributed by atoms with van der Waals surface area (Å²) in [5, 5.41) is 10.7. The summed E-state index contributed by atoms with van der Waals surface area (Å²) in [6, 6.07) is 2.58. The molecule has 0 saturated carbocycles. The SMILES string of the molecule is O=[N+]([O-])c1cc(Cl)ccc1-c1c(F)c(F)c(F)c(F)c1F. The minimum atomic E-state index is -2.34. The summed E-state index contributed by atoms with van der Waals surface area (Å²) in [5.74, 6) is -11.0. The first-order valence-electron chi connectivity index (χ1n) is 5.21. The highest BCUT2D eigenvalue weighted by Gasteiger charge is 2.30. The van der Waals surface area contributed by atoms with Gasteiger partial charge in [-0.25, -0.2) is 22.0 Å². The Hall–Kier alpha value is -2.22. The molecule has 0 saturated heterocycles. The predicted molar refractivity (Wildman–Crippen MR) is 63.3 cm³/mol. The van der Waals surface area contributed by atoms with Crippen LogP contribution in [-0.2, 0) is 0 Å². The molecule has 3 nitrogen and oxygen atoms in total. The van der Waals surface area contributed by atoms with Crippen LogP contribution in [0.1, 0.15) is 0 Å². The van der Waals surface area contributed by atoms with Gasteiger partial charge in [-0.15, -0.1) is 0 Å². The van der Waals surface area contributed by atoms with Gasteiger partial charge in [-0.1, -0.05) is 11.6 Å². The fraction of sp³-hybridized carbons (Fsp3) is 0. The largest absolute Gasteiger partial charge is 0.278 e. The quantitative estimate of drug-likeness (QED) is 0.266. The van der Waals surface area contributed by atoms with Crippen molar-refractivity contribution in [2.75, 3.05) is 0 Å². The lowest BCUT2D eigenvalue weighted by molar-refractivity contribution is -0.384. The van der Waals surface area contributed by atoms with Crippen LogP contribution in [0.4, 0.5) is 27.6 Å². The number of benzene rings is 2. The van der Waals surface area contributed by atoms with Crippen LogP contribution in [-0.4, -0.2) is 4.92 Å². The minimum Gasteiger partial charge on any atom is -0.258 e. The van der Waals surface area contributed by atoms with Gasteiger partial charge in [0.2, 0.25) is 5.82 Å². The molecule has 0 aliphatic rings. The molecule has 2 rings (SSSR count). The van der Waals surface area contributed by atoms with E-state index < -0.39 is 50.8 Å². The maximum Gasteiger partial charge on any atom is 0.278 e. The normalized spacial score (nSPS) is 10.8. The molecule has 0 amide bonds. The topological polar surface area (TPSA) is 43.1 Å². The fourth-order valence-corrected chi connectivity index (χ4v) is 1.87. The Labute approximate surface area is 118 Å². The molecule has 0 bridgehead atoms. The third kappa shape index (κ3) is 2.42. The molecule has 0 radical (unpaired) electrons. The Bertz CT molecular complexity index is 737. The summed E-state index contributed by atoms with van der Waals surface area (Å²) < 4.78 is 66.6. The smallest absolute Gasteiger partial charge is 0.258 e. The van der Waals surface area contributed by atoms with Crippen molar-refractivity contribution in [3.8, 4) is 11.1 Å². The fourth-order valence-electron chi connectivity index (χ4n) is 1.71. The van der Waals surface area contributed by atoms with E-state index in [0.29, 0.717) is 0 Å². The summed E-state index contributed by atoms with van der Waals surface area (Å²) in [6.07, 6.45) is 0. The van der Waals surface area contributed by atoms with E-state index in [1.807, 2.05) is 0 Å². The summed E-state index contributed by atoms with van der Waals surface area (Å²) in [6.45, 7) is 0. The maximum absolute atomic E-state index is 13.7. The molecule has 9 heteroatoms. The summed E-state index contributed by atoms with van der Waals surface area (Å²) in [7, 11) is 0. The lowest BCUT2D eigenvalue weighted by atomic mass is 10.0. The van der Waals surface area contributed by atoms with Gasteiger partial charge in [0.15, 0.2) is 23.3 Å². The average Bonchev–Trinajstić information content (AvgIpc) is 2.44. The lowest BCUT2D eigenvalue weighted by Crippen LogP contribution is -2.05. The predicted octanol–water partition coefficient (Wildman–Crippen LogP) is 4.61. The van der Waals surface area contributed by atoms with Gasteiger partial charge in [-0.3, -0.25) is 10.1 Å². The second-order valence-electron chi connectivity index (χ2n) is 3.86. The molecule has 110 valence electrons. The standard InChI is InChI=1S/C12H3ClF5NO2/c13-4-1-2-5(6(3-4)19(20)21)7-8(14)10(16)12(18)11(17)9(7)15/h1-3H. The van der Waals surface area contributed by atoms with Crippen LogP contribution in [0.2, 0.25) is 5.02 Å². The Kier molecular flexibility index (Phi) is 3.82. The number of hydrogen-bond acceptors (Lipinski definition) is 2. The molecule has 0 aliphatic heterocycles. The van der Waals surface area contributed by atoms with Crippen molar-refractivity contribution in [3.63, 3.8) is 0 Å².